The number of aliphatic carboxylic acids is 1. The van der Waals surface area contributed by atoms with Gasteiger partial charge in [-0.3, -0.25) is 19.3 Å². The number of amides is 4. The molecule has 1 atom stereocenters. The van der Waals surface area contributed by atoms with Gasteiger partial charge in [0.05, 0.1) is 5.41 Å². The molecule has 1 rings (SSSR count). The number of rotatable bonds is 6. The summed E-state index contributed by atoms with van der Waals surface area (Å²) in [4.78, 5) is 47.4. The molecular formula is C13H21N3O5. The molecule has 0 aromatic carbocycles. The van der Waals surface area contributed by atoms with E-state index >= 15 is 0 Å². The molecule has 21 heavy (non-hydrogen) atoms. The molecule has 0 aromatic heterocycles. The van der Waals surface area contributed by atoms with Gasteiger partial charge in [0.1, 0.15) is 12.1 Å². The monoisotopic (exact) mass is 299 g/mol. The van der Waals surface area contributed by atoms with Crippen molar-refractivity contribution in [2.24, 2.45) is 5.41 Å². The summed E-state index contributed by atoms with van der Waals surface area (Å²) in [7, 11) is 0. The Morgan fingerprint density at radius 2 is 1.95 bits per heavy atom. The number of hydrogen-bond acceptors (Lipinski definition) is 4. The van der Waals surface area contributed by atoms with Gasteiger partial charge >= 0.3 is 12.0 Å². The van der Waals surface area contributed by atoms with E-state index in [0.29, 0.717) is 6.42 Å². The number of urea groups is 1. The van der Waals surface area contributed by atoms with Gasteiger partial charge in [0, 0.05) is 6.54 Å². The van der Waals surface area contributed by atoms with Crippen LogP contribution in [0.2, 0.25) is 0 Å². The molecule has 3 N–H and O–H groups in total. The van der Waals surface area contributed by atoms with Crippen molar-refractivity contribution in [3.63, 3.8) is 0 Å². The fourth-order valence-corrected chi connectivity index (χ4v) is 1.72. The molecule has 8 nitrogen and oxygen atoms in total. The number of carboxylic acid groups (broad SMARTS) is 1. The topological polar surface area (TPSA) is 116 Å². The number of nitrogens with zero attached hydrogens (tertiary/aromatic N) is 1. The van der Waals surface area contributed by atoms with Gasteiger partial charge in [0.15, 0.2) is 0 Å². The molecule has 0 radical (unpaired) electrons. The molecule has 0 bridgehead atoms. The van der Waals surface area contributed by atoms with Crippen molar-refractivity contribution >= 4 is 23.8 Å². The molecule has 1 saturated heterocycles. The summed E-state index contributed by atoms with van der Waals surface area (Å²) in [5, 5.41) is 13.9. The van der Waals surface area contributed by atoms with E-state index in [2.05, 4.69) is 10.6 Å². The smallest absolute Gasteiger partial charge is 0.325 e. The standard InChI is InChI=1S/C13H21N3O5/c1-5-13(4)9(18)16(11(21)15-13)6-8(17)14-7-12(2,3)10(19)20/h5-7H2,1-4H3,(H,14,17)(H,15,21)(H,19,20). The van der Waals surface area contributed by atoms with Crippen LogP contribution in [0.15, 0.2) is 0 Å². The van der Waals surface area contributed by atoms with Crippen molar-refractivity contribution in [2.45, 2.75) is 39.7 Å². The number of carbonyl (C=O) groups is 4. The van der Waals surface area contributed by atoms with Gasteiger partial charge in [-0.25, -0.2) is 4.79 Å². The summed E-state index contributed by atoms with van der Waals surface area (Å²) in [6.07, 6.45) is 0.418. The van der Waals surface area contributed by atoms with Gasteiger partial charge in [-0.15, -0.1) is 0 Å². The lowest BCUT2D eigenvalue weighted by atomic mass is 9.94. The highest BCUT2D eigenvalue weighted by molar-refractivity contribution is 6.08. The van der Waals surface area contributed by atoms with Crippen LogP contribution >= 0.6 is 0 Å². The third kappa shape index (κ3) is 3.50. The van der Waals surface area contributed by atoms with E-state index in [4.69, 9.17) is 5.11 Å². The number of hydrogen-bond donors (Lipinski definition) is 3. The van der Waals surface area contributed by atoms with Crippen molar-refractivity contribution in [1.82, 2.24) is 15.5 Å². The van der Waals surface area contributed by atoms with Crippen LogP contribution in [0.4, 0.5) is 4.79 Å². The first kappa shape index (κ1) is 16.9. The van der Waals surface area contributed by atoms with E-state index in [1.807, 2.05) is 0 Å². The van der Waals surface area contributed by atoms with Crippen LogP contribution in [0.5, 0.6) is 0 Å². The lowest BCUT2D eigenvalue weighted by molar-refractivity contribution is -0.147. The number of imide groups is 1. The third-order valence-electron chi connectivity index (χ3n) is 3.66. The molecule has 4 amide bonds. The Labute approximate surface area is 122 Å². The van der Waals surface area contributed by atoms with E-state index in [0.717, 1.165) is 4.90 Å². The highest BCUT2D eigenvalue weighted by Crippen LogP contribution is 2.20. The number of carboxylic acids is 1. The lowest BCUT2D eigenvalue weighted by Gasteiger charge is -2.21. The van der Waals surface area contributed by atoms with Crippen LogP contribution in [0, 0.1) is 5.41 Å². The zero-order chi connectivity index (χ0) is 16.4. The Balaban J connectivity index is 2.62. The molecule has 0 saturated carbocycles. The Bertz CT molecular complexity index is 488. The van der Waals surface area contributed by atoms with Gasteiger partial charge in [0.25, 0.3) is 5.91 Å². The Morgan fingerprint density at radius 3 is 2.38 bits per heavy atom. The SMILES string of the molecule is CCC1(C)NC(=O)N(CC(=O)NCC(C)(C)C(=O)O)C1=O. The van der Waals surface area contributed by atoms with Crippen LogP contribution in [0.3, 0.4) is 0 Å². The fourth-order valence-electron chi connectivity index (χ4n) is 1.72. The maximum Gasteiger partial charge on any atom is 0.325 e. The minimum Gasteiger partial charge on any atom is -0.481 e. The van der Waals surface area contributed by atoms with Crippen molar-refractivity contribution in [3.05, 3.63) is 0 Å². The molecule has 0 aliphatic carbocycles. The van der Waals surface area contributed by atoms with Crippen LogP contribution < -0.4 is 10.6 Å². The molecule has 8 heteroatoms. The van der Waals surface area contributed by atoms with E-state index in [1.165, 1.54) is 13.8 Å². The summed E-state index contributed by atoms with van der Waals surface area (Å²) < 4.78 is 0. The van der Waals surface area contributed by atoms with E-state index in [-0.39, 0.29) is 6.54 Å². The van der Waals surface area contributed by atoms with Gasteiger partial charge < -0.3 is 15.7 Å². The molecule has 1 fully saturated rings. The first-order valence-electron chi connectivity index (χ1n) is 6.67. The third-order valence-corrected chi connectivity index (χ3v) is 3.66. The highest BCUT2D eigenvalue weighted by atomic mass is 16.4. The zero-order valence-electron chi connectivity index (χ0n) is 12.6. The van der Waals surface area contributed by atoms with Crippen LogP contribution in [0.1, 0.15) is 34.1 Å². The first-order chi connectivity index (χ1) is 9.53. The lowest BCUT2D eigenvalue weighted by Crippen LogP contribution is -2.46. The molecule has 1 aliphatic heterocycles. The van der Waals surface area contributed by atoms with Crippen molar-refractivity contribution in [3.8, 4) is 0 Å². The van der Waals surface area contributed by atoms with E-state index in [9.17, 15) is 19.2 Å². The van der Waals surface area contributed by atoms with Crippen LogP contribution in [-0.4, -0.2) is 52.4 Å². The summed E-state index contributed by atoms with van der Waals surface area (Å²) in [5.74, 6) is -2.08. The van der Waals surface area contributed by atoms with Gasteiger partial charge in [-0.05, 0) is 27.2 Å². The average Bonchev–Trinajstić information content (AvgIpc) is 2.61. The largest absolute Gasteiger partial charge is 0.481 e. The van der Waals surface area contributed by atoms with Crippen molar-refractivity contribution < 1.29 is 24.3 Å². The molecule has 0 spiro atoms. The van der Waals surface area contributed by atoms with E-state index in [1.54, 1.807) is 13.8 Å². The van der Waals surface area contributed by atoms with Gasteiger partial charge in [-0.2, -0.15) is 0 Å². The van der Waals surface area contributed by atoms with E-state index < -0.39 is 41.3 Å². The molecule has 0 aromatic rings. The van der Waals surface area contributed by atoms with Gasteiger partial charge in [-0.1, -0.05) is 6.92 Å². The minimum absolute atomic E-state index is 0.0874. The summed E-state index contributed by atoms with van der Waals surface area (Å²) in [6.45, 7) is 5.79. The van der Waals surface area contributed by atoms with Crippen molar-refractivity contribution in [2.75, 3.05) is 13.1 Å². The summed E-state index contributed by atoms with van der Waals surface area (Å²) in [6, 6.07) is -0.614. The maximum atomic E-state index is 12.1. The Kier molecular flexibility index (Phi) is 4.60. The first-order valence-corrected chi connectivity index (χ1v) is 6.67. The van der Waals surface area contributed by atoms with Crippen LogP contribution in [-0.2, 0) is 14.4 Å². The Hall–Kier alpha value is -2.12. The second-order valence-electron chi connectivity index (χ2n) is 5.97. The second kappa shape index (κ2) is 5.71. The summed E-state index contributed by atoms with van der Waals surface area (Å²) >= 11 is 0. The van der Waals surface area contributed by atoms with Crippen molar-refractivity contribution in [1.29, 1.82) is 0 Å². The highest BCUT2D eigenvalue weighted by Gasteiger charge is 2.47. The van der Waals surface area contributed by atoms with Crippen LogP contribution in [0.25, 0.3) is 0 Å². The maximum absolute atomic E-state index is 12.1. The predicted octanol–water partition coefficient (Wildman–Crippen LogP) is -0.0661. The quantitative estimate of drug-likeness (QED) is 0.594. The Morgan fingerprint density at radius 1 is 1.38 bits per heavy atom. The predicted molar refractivity (Wildman–Crippen MR) is 73.4 cm³/mol. The number of nitrogens with one attached hydrogen (secondary N) is 2. The molecule has 1 unspecified atom stereocenters. The molecular weight excluding hydrogens is 278 g/mol. The minimum atomic E-state index is -1.12. The zero-order valence-corrected chi connectivity index (χ0v) is 12.6. The second-order valence-corrected chi connectivity index (χ2v) is 5.97. The average molecular weight is 299 g/mol. The molecule has 1 aliphatic rings. The molecule has 1 heterocycles. The molecule has 118 valence electrons. The fraction of sp³-hybridized carbons (Fsp3) is 0.692. The summed E-state index contributed by atoms with van der Waals surface area (Å²) in [5.41, 5.74) is -2.11. The van der Waals surface area contributed by atoms with Gasteiger partial charge in [0.2, 0.25) is 5.91 Å². The number of carbonyl (C=O) groups excluding carboxylic acids is 3. The normalized spacial score (nSPS) is 22.2.